The first-order chi connectivity index (χ1) is 6.97. The molecule has 1 saturated heterocycles. The first kappa shape index (κ1) is 11.8. The second-order valence-electron chi connectivity index (χ2n) is 4.10. The molecule has 15 heavy (non-hydrogen) atoms. The van der Waals surface area contributed by atoms with Crippen molar-refractivity contribution >= 4 is 12.0 Å². The average molecular weight is 214 g/mol. The number of aliphatic carboxylic acids is 1. The minimum Gasteiger partial charge on any atom is -0.481 e. The maximum atomic E-state index is 11.8. The number of carbonyl (C=O) groups excluding carboxylic acids is 1. The van der Waals surface area contributed by atoms with Crippen molar-refractivity contribution in [2.45, 2.75) is 26.8 Å². The van der Waals surface area contributed by atoms with Gasteiger partial charge in [0.15, 0.2) is 0 Å². The minimum absolute atomic E-state index is 0.0509. The molecule has 1 rings (SSSR count). The third-order valence-electron chi connectivity index (χ3n) is 2.71. The zero-order chi connectivity index (χ0) is 11.6. The molecule has 0 radical (unpaired) electrons. The number of hydrogen-bond donors (Lipinski definition) is 1. The molecule has 1 aliphatic heterocycles. The van der Waals surface area contributed by atoms with Gasteiger partial charge >= 0.3 is 12.0 Å². The molecule has 5 nitrogen and oxygen atoms in total. The van der Waals surface area contributed by atoms with Crippen molar-refractivity contribution in [2.75, 3.05) is 19.6 Å². The quantitative estimate of drug-likeness (QED) is 0.757. The number of urea groups is 1. The van der Waals surface area contributed by atoms with Gasteiger partial charge in [0.1, 0.15) is 0 Å². The highest BCUT2D eigenvalue weighted by atomic mass is 16.4. The van der Waals surface area contributed by atoms with E-state index in [4.69, 9.17) is 5.11 Å². The molecule has 0 spiro atoms. The van der Waals surface area contributed by atoms with E-state index in [2.05, 4.69) is 0 Å². The predicted octanol–water partition coefficient (Wildman–Crippen LogP) is 0.853. The number of carboxylic acids is 1. The van der Waals surface area contributed by atoms with Crippen LogP contribution in [0.15, 0.2) is 0 Å². The standard InChI is InChI=1S/C10H18N2O3/c1-4-12(7(2)3)10(15)11-5-8(6-11)9(13)14/h7-8H,4-6H2,1-3H3,(H,13,14). The lowest BCUT2D eigenvalue weighted by Crippen LogP contribution is -2.58. The van der Waals surface area contributed by atoms with Gasteiger partial charge in [-0.2, -0.15) is 0 Å². The van der Waals surface area contributed by atoms with E-state index in [1.807, 2.05) is 20.8 Å². The van der Waals surface area contributed by atoms with E-state index >= 15 is 0 Å². The second kappa shape index (κ2) is 4.51. The molecule has 5 heteroatoms. The van der Waals surface area contributed by atoms with E-state index in [1.165, 1.54) is 0 Å². The number of carbonyl (C=O) groups is 2. The third kappa shape index (κ3) is 2.40. The highest BCUT2D eigenvalue weighted by Gasteiger charge is 2.37. The molecule has 0 unspecified atom stereocenters. The van der Waals surface area contributed by atoms with E-state index in [-0.39, 0.29) is 18.0 Å². The maximum Gasteiger partial charge on any atom is 0.320 e. The van der Waals surface area contributed by atoms with Gasteiger partial charge in [-0.25, -0.2) is 4.79 Å². The SMILES string of the molecule is CCN(C(=O)N1CC(C(=O)O)C1)C(C)C. The fraction of sp³-hybridized carbons (Fsp3) is 0.800. The summed E-state index contributed by atoms with van der Waals surface area (Å²) in [4.78, 5) is 25.7. The lowest BCUT2D eigenvalue weighted by atomic mass is 10.0. The topological polar surface area (TPSA) is 60.9 Å². The Hall–Kier alpha value is -1.26. The molecular formula is C10H18N2O3. The van der Waals surface area contributed by atoms with Crippen molar-refractivity contribution in [3.8, 4) is 0 Å². The summed E-state index contributed by atoms with van der Waals surface area (Å²) in [5, 5.41) is 8.69. The zero-order valence-corrected chi connectivity index (χ0v) is 9.43. The summed E-state index contributed by atoms with van der Waals surface area (Å²) in [6, 6.07) is 0.108. The smallest absolute Gasteiger partial charge is 0.320 e. The summed E-state index contributed by atoms with van der Waals surface area (Å²) in [5.74, 6) is -1.19. The number of carboxylic acid groups (broad SMARTS) is 1. The van der Waals surface area contributed by atoms with Crippen LogP contribution in [0.1, 0.15) is 20.8 Å². The van der Waals surface area contributed by atoms with Crippen molar-refractivity contribution < 1.29 is 14.7 Å². The first-order valence-corrected chi connectivity index (χ1v) is 5.25. The van der Waals surface area contributed by atoms with Crippen LogP contribution in [0.4, 0.5) is 4.79 Å². The Labute approximate surface area is 89.7 Å². The lowest BCUT2D eigenvalue weighted by molar-refractivity contribution is -0.146. The van der Waals surface area contributed by atoms with Crippen LogP contribution in [-0.2, 0) is 4.79 Å². The van der Waals surface area contributed by atoms with E-state index in [0.29, 0.717) is 19.6 Å². The van der Waals surface area contributed by atoms with Crippen molar-refractivity contribution in [3.05, 3.63) is 0 Å². The monoisotopic (exact) mass is 214 g/mol. The van der Waals surface area contributed by atoms with Gasteiger partial charge in [-0.05, 0) is 20.8 Å². The van der Waals surface area contributed by atoms with Crippen LogP contribution in [0.3, 0.4) is 0 Å². The minimum atomic E-state index is -0.813. The highest BCUT2D eigenvalue weighted by Crippen LogP contribution is 2.18. The summed E-state index contributed by atoms with van der Waals surface area (Å²) >= 11 is 0. The number of rotatable bonds is 3. The number of nitrogens with zero attached hydrogens (tertiary/aromatic N) is 2. The third-order valence-corrected chi connectivity index (χ3v) is 2.71. The fourth-order valence-corrected chi connectivity index (χ4v) is 1.69. The number of amides is 2. The summed E-state index contributed by atoms with van der Waals surface area (Å²) in [6.07, 6.45) is 0. The van der Waals surface area contributed by atoms with Crippen LogP contribution >= 0.6 is 0 Å². The van der Waals surface area contributed by atoms with Crippen LogP contribution in [0.5, 0.6) is 0 Å². The Morgan fingerprint density at radius 2 is 2.00 bits per heavy atom. The zero-order valence-electron chi connectivity index (χ0n) is 9.43. The summed E-state index contributed by atoms with van der Waals surface area (Å²) in [5.41, 5.74) is 0. The molecule has 2 amide bonds. The fourth-order valence-electron chi connectivity index (χ4n) is 1.69. The molecule has 0 atom stereocenters. The number of hydrogen-bond acceptors (Lipinski definition) is 2. The first-order valence-electron chi connectivity index (χ1n) is 5.25. The van der Waals surface area contributed by atoms with E-state index in [1.54, 1.807) is 9.80 Å². The molecule has 0 aromatic rings. The van der Waals surface area contributed by atoms with Crippen molar-refractivity contribution in [1.29, 1.82) is 0 Å². The molecule has 0 saturated carbocycles. The van der Waals surface area contributed by atoms with E-state index in [0.717, 1.165) is 0 Å². The van der Waals surface area contributed by atoms with Crippen LogP contribution < -0.4 is 0 Å². The van der Waals surface area contributed by atoms with Crippen molar-refractivity contribution in [1.82, 2.24) is 9.80 Å². The van der Waals surface area contributed by atoms with E-state index < -0.39 is 5.97 Å². The Morgan fingerprint density at radius 1 is 1.47 bits per heavy atom. The molecular weight excluding hydrogens is 196 g/mol. The van der Waals surface area contributed by atoms with Crippen molar-refractivity contribution in [2.24, 2.45) is 5.92 Å². The van der Waals surface area contributed by atoms with Crippen LogP contribution in [0.2, 0.25) is 0 Å². The molecule has 1 N–H and O–H groups in total. The van der Waals surface area contributed by atoms with Gasteiger partial charge in [0.2, 0.25) is 0 Å². The predicted molar refractivity (Wildman–Crippen MR) is 55.6 cm³/mol. The summed E-state index contributed by atoms with van der Waals surface area (Å²) < 4.78 is 0. The molecule has 1 heterocycles. The molecule has 86 valence electrons. The average Bonchev–Trinajstić information content (AvgIpc) is 2.00. The van der Waals surface area contributed by atoms with Crippen molar-refractivity contribution in [3.63, 3.8) is 0 Å². The van der Waals surface area contributed by atoms with Gasteiger partial charge in [-0.3, -0.25) is 4.79 Å². The molecule has 0 bridgehead atoms. The molecule has 0 aromatic carbocycles. The maximum absolute atomic E-state index is 11.8. The van der Waals surface area contributed by atoms with Gasteiger partial charge < -0.3 is 14.9 Å². The lowest BCUT2D eigenvalue weighted by Gasteiger charge is -2.40. The largest absolute Gasteiger partial charge is 0.481 e. The molecule has 0 aliphatic carbocycles. The summed E-state index contributed by atoms with van der Waals surface area (Å²) in [7, 11) is 0. The van der Waals surface area contributed by atoms with Crippen LogP contribution in [0, 0.1) is 5.92 Å². The molecule has 0 aromatic heterocycles. The molecule has 1 aliphatic rings. The second-order valence-corrected chi connectivity index (χ2v) is 4.10. The van der Waals surface area contributed by atoms with Gasteiger partial charge in [0.05, 0.1) is 5.92 Å². The Balaban J connectivity index is 2.46. The van der Waals surface area contributed by atoms with Crippen LogP contribution in [0.25, 0.3) is 0 Å². The Morgan fingerprint density at radius 3 is 2.33 bits per heavy atom. The van der Waals surface area contributed by atoms with Gasteiger partial charge in [0.25, 0.3) is 0 Å². The van der Waals surface area contributed by atoms with Gasteiger partial charge in [0, 0.05) is 25.7 Å². The highest BCUT2D eigenvalue weighted by molar-refractivity contribution is 5.80. The Bertz CT molecular complexity index is 259. The molecule has 1 fully saturated rings. The summed E-state index contributed by atoms with van der Waals surface area (Å²) in [6.45, 7) is 7.18. The normalized spacial score (nSPS) is 16.4. The van der Waals surface area contributed by atoms with Crippen LogP contribution in [-0.4, -0.2) is 52.6 Å². The Kier molecular flexibility index (Phi) is 3.55. The number of likely N-dealkylation sites (tertiary alicyclic amines) is 1. The van der Waals surface area contributed by atoms with Gasteiger partial charge in [-0.15, -0.1) is 0 Å². The van der Waals surface area contributed by atoms with Gasteiger partial charge in [-0.1, -0.05) is 0 Å². The van der Waals surface area contributed by atoms with E-state index in [9.17, 15) is 9.59 Å².